The molecule has 0 unspecified atom stereocenters. The molecule has 0 saturated carbocycles. The molecule has 1 aromatic carbocycles. The summed E-state index contributed by atoms with van der Waals surface area (Å²) in [5, 5.41) is 9.06. The first kappa shape index (κ1) is 13.8. The average molecular weight is 265 g/mol. The van der Waals surface area contributed by atoms with E-state index in [0.717, 1.165) is 31.6 Å². The Hall–Kier alpha value is -1.58. The Morgan fingerprint density at radius 2 is 2.21 bits per heavy atom. The van der Waals surface area contributed by atoms with Gasteiger partial charge in [0.2, 0.25) is 0 Å². The lowest BCUT2D eigenvalue weighted by molar-refractivity contribution is -0.147. The Labute approximate surface area is 113 Å². The zero-order chi connectivity index (χ0) is 14.0. The van der Waals surface area contributed by atoms with Crippen molar-refractivity contribution in [2.24, 2.45) is 5.41 Å². The van der Waals surface area contributed by atoms with Gasteiger partial charge in [0.1, 0.15) is 5.82 Å². The van der Waals surface area contributed by atoms with E-state index >= 15 is 0 Å². The topological polar surface area (TPSA) is 40.5 Å². The smallest absolute Gasteiger partial charge is 0.309 e. The molecule has 0 spiro atoms. The summed E-state index contributed by atoms with van der Waals surface area (Å²) in [7, 11) is 0. The van der Waals surface area contributed by atoms with E-state index in [-0.39, 0.29) is 5.82 Å². The highest BCUT2D eigenvalue weighted by Gasteiger charge is 2.27. The highest BCUT2D eigenvalue weighted by Crippen LogP contribution is 2.30. The third-order valence-corrected chi connectivity index (χ3v) is 3.85. The number of fused-ring (bicyclic) bond motifs is 1. The summed E-state index contributed by atoms with van der Waals surface area (Å²) in [5.41, 5.74) is 1.46. The largest absolute Gasteiger partial charge is 0.481 e. The Bertz CT molecular complexity index is 485. The molecule has 19 heavy (non-hydrogen) atoms. The minimum absolute atomic E-state index is 0.212. The van der Waals surface area contributed by atoms with Gasteiger partial charge in [0, 0.05) is 18.8 Å². The van der Waals surface area contributed by atoms with Gasteiger partial charge in [0.15, 0.2) is 0 Å². The van der Waals surface area contributed by atoms with Gasteiger partial charge in [0.05, 0.1) is 5.41 Å². The molecule has 0 aromatic heterocycles. The third-order valence-electron chi connectivity index (χ3n) is 3.85. The van der Waals surface area contributed by atoms with Crippen LogP contribution in [0.5, 0.6) is 0 Å². The van der Waals surface area contributed by atoms with Gasteiger partial charge in [-0.05, 0) is 50.8 Å². The average Bonchev–Trinajstić information content (AvgIpc) is 2.71. The highest BCUT2D eigenvalue weighted by atomic mass is 19.1. The second kappa shape index (κ2) is 5.19. The molecule has 0 atom stereocenters. The Balaban J connectivity index is 1.93. The van der Waals surface area contributed by atoms with Crippen molar-refractivity contribution < 1.29 is 14.3 Å². The fraction of sp³-hybridized carbons (Fsp3) is 0.533. The molecular formula is C15H20FNO2. The Morgan fingerprint density at radius 1 is 1.47 bits per heavy atom. The maximum absolute atomic E-state index is 13.2. The number of carbonyl (C=O) groups is 1. The van der Waals surface area contributed by atoms with Gasteiger partial charge in [-0.3, -0.25) is 4.79 Å². The number of carboxylic acid groups (broad SMARTS) is 1. The van der Waals surface area contributed by atoms with Crippen LogP contribution in [-0.2, 0) is 11.2 Å². The first-order valence-electron chi connectivity index (χ1n) is 6.67. The highest BCUT2D eigenvalue weighted by molar-refractivity contribution is 5.73. The Morgan fingerprint density at radius 3 is 2.89 bits per heavy atom. The molecule has 1 heterocycles. The fourth-order valence-electron chi connectivity index (χ4n) is 2.47. The number of aliphatic carboxylic acids is 1. The van der Waals surface area contributed by atoms with Crippen molar-refractivity contribution in [2.45, 2.75) is 33.1 Å². The molecule has 2 rings (SSSR count). The number of hydrogen-bond donors (Lipinski definition) is 1. The fourth-order valence-corrected chi connectivity index (χ4v) is 2.47. The quantitative estimate of drug-likeness (QED) is 0.889. The molecule has 0 radical (unpaired) electrons. The maximum Gasteiger partial charge on any atom is 0.309 e. The molecule has 0 bridgehead atoms. The van der Waals surface area contributed by atoms with Gasteiger partial charge in [-0.2, -0.15) is 0 Å². The molecule has 1 aliphatic heterocycles. The van der Waals surface area contributed by atoms with Crippen molar-refractivity contribution in [2.75, 3.05) is 18.0 Å². The SMILES string of the molecule is CC(C)(CCCN1CCc2ccc(F)cc21)C(=O)O. The van der Waals surface area contributed by atoms with Gasteiger partial charge in [0.25, 0.3) is 0 Å². The van der Waals surface area contributed by atoms with Crippen LogP contribution in [0.25, 0.3) is 0 Å². The minimum Gasteiger partial charge on any atom is -0.481 e. The van der Waals surface area contributed by atoms with Crippen LogP contribution in [0, 0.1) is 11.2 Å². The molecule has 1 aliphatic rings. The number of carboxylic acids is 1. The zero-order valence-electron chi connectivity index (χ0n) is 11.4. The zero-order valence-corrected chi connectivity index (χ0v) is 11.4. The summed E-state index contributed by atoms with van der Waals surface area (Å²) in [5.74, 6) is -0.975. The first-order chi connectivity index (χ1) is 8.90. The molecule has 0 fully saturated rings. The first-order valence-corrected chi connectivity index (χ1v) is 6.67. The summed E-state index contributed by atoms with van der Waals surface area (Å²) in [4.78, 5) is 13.2. The van der Waals surface area contributed by atoms with Crippen LogP contribution < -0.4 is 4.90 Å². The predicted molar refractivity (Wildman–Crippen MR) is 73.0 cm³/mol. The van der Waals surface area contributed by atoms with Crippen molar-refractivity contribution in [3.05, 3.63) is 29.6 Å². The second-order valence-electron chi connectivity index (χ2n) is 5.80. The molecule has 104 valence electrons. The molecule has 0 saturated heterocycles. The monoisotopic (exact) mass is 265 g/mol. The van der Waals surface area contributed by atoms with E-state index in [1.807, 2.05) is 6.07 Å². The van der Waals surface area contributed by atoms with Crippen molar-refractivity contribution in [3.63, 3.8) is 0 Å². The molecule has 0 amide bonds. The van der Waals surface area contributed by atoms with Crippen LogP contribution in [-0.4, -0.2) is 24.2 Å². The molecule has 0 aliphatic carbocycles. The lowest BCUT2D eigenvalue weighted by Crippen LogP contribution is -2.27. The number of rotatable bonds is 5. The summed E-state index contributed by atoms with van der Waals surface area (Å²) < 4.78 is 13.2. The van der Waals surface area contributed by atoms with E-state index in [9.17, 15) is 9.18 Å². The van der Waals surface area contributed by atoms with Crippen LogP contribution in [0.2, 0.25) is 0 Å². The second-order valence-corrected chi connectivity index (χ2v) is 5.80. The Kier molecular flexibility index (Phi) is 3.78. The lowest BCUT2D eigenvalue weighted by atomic mass is 9.88. The number of anilines is 1. The summed E-state index contributed by atoms with van der Waals surface area (Å²) in [6, 6.07) is 4.91. The van der Waals surface area contributed by atoms with Crippen LogP contribution in [0.4, 0.5) is 10.1 Å². The van der Waals surface area contributed by atoms with Crippen LogP contribution in [0.15, 0.2) is 18.2 Å². The lowest BCUT2D eigenvalue weighted by Gasteiger charge is -2.23. The minimum atomic E-state index is -0.764. The van der Waals surface area contributed by atoms with Crippen molar-refractivity contribution in [3.8, 4) is 0 Å². The van der Waals surface area contributed by atoms with E-state index in [1.54, 1.807) is 19.9 Å². The molecule has 1 N–H and O–H groups in total. The summed E-state index contributed by atoms with van der Waals surface area (Å²) in [6.07, 6.45) is 2.37. The molecule has 1 aromatic rings. The number of nitrogens with zero attached hydrogens (tertiary/aromatic N) is 1. The third kappa shape index (κ3) is 3.06. The van der Waals surface area contributed by atoms with Crippen molar-refractivity contribution in [1.29, 1.82) is 0 Å². The van der Waals surface area contributed by atoms with E-state index < -0.39 is 11.4 Å². The van der Waals surface area contributed by atoms with E-state index in [1.165, 1.54) is 11.6 Å². The number of hydrogen-bond acceptors (Lipinski definition) is 2. The predicted octanol–water partition coefficient (Wildman–Crippen LogP) is 3.08. The number of benzene rings is 1. The maximum atomic E-state index is 13.2. The van der Waals surface area contributed by atoms with Gasteiger partial charge in [-0.25, -0.2) is 4.39 Å². The van der Waals surface area contributed by atoms with Gasteiger partial charge in [-0.1, -0.05) is 6.07 Å². The molecular weight excluding hydrogens is 245 g/mol. The normalized spacial score (nSPS) is 14.6. The van der Waals surface area contributed by atoms with Crippen LogP contribution >= 0.6 is 0 Å². The van der Waals surface area contributed by atoms with E-state index in [2.05, 4.69) is 4.90 Å². The molecule has 4 heteroatoms. The molecule has 3 nitrogen and oxygen atoms in total. The van der Waals surface area contributed by atoms with Crippen LogP contribution in [0.1, 0.15) is 32.3 Å². The number of halogens is 1. The van der Waals surface area contributed by atoms with E-state index in [4.69, 9.17) is 5.11 Å². The van der Waals surface area contributed by atoms with Gasteiger partial charge >= 0.3 is 5.97 Å². The summed E-state index contributed by atoms with van der Waals surface area (Å²) >= 11 is 0. The standard InChI is InChI=1S/C15H20FNO2/c1-15(2,14(18)19)7-3-8-17-9-6-11-4-5-12(16)10-13(11)17/h4-5,10H,3,6-9H2,1-2H3,(H,18,19). The van der Waals surface area contributed by atoms with Crippen molar-refractivity contribution in [1.82, 2.24) is 0 Å². The van der Waals surface area contributed by atoms with Gasteiger partial charge < -0.3 is 10.0 Å². The van der Waals surface area contributed by atoms with Crippen LogP contribution in [0.3, 0.4) is 0 Å². The van der Waals surface area contributed by atoms with Gasteiger partial charge in [-0.15, -0.1) is 0 Å². The summed E-state index contributed by atoms with van der Waals surface area (Å²) in [6.45, 7) is 5.17. The van der Waals surface area contributed by atoms with Crippen molar-refractivity contribution >= 4 is 11.7 Å². The van der Waals surface area contributed by atoms with E-state index in [0.29, 0.717) is 6.42 Å².